The van der Waals surface area contributed by atoms with Gasteiger partial charge < -0.3 is 14.5 Å². The fraction of sp³-hybridized carbons (Fsp3) is 0.529. The van der Waals surface area contributed by atoms with Crippen LogP contribution in [0.4, 0.5) is 0 Å². The third-order valence-corrected chi connectivity index (χ3v) is 4.16. The van der Waals surface area contributed by atoms with Crippen LogP contribution in [-0.2, 0) is 14.4 Å². The van der Waals surface area contributed by atoms with Crippen molar-refractivity contribution in [3.8, 4) is 0 Å². The lowest BCUT2D eigenvalue weighted by Crippen LogP contribution is -2.45. The zero-order chi connectivity index (χ0) is 17.4. The van der Waals surface area contributed by atoms with Gasteiger partial charge in [-0.3, -0.25) is 4.90 Å². The van der Waals surface area contributed by atoms with Gasteiger partial charge >= 0.3 is 5.97 Å². The summed E-state index contributed by atoms with van der Waals surface area (Å²) in [7, 11) is 2.11. The van der Waals surface area contributed by atoms with E-state index in [1.165, 1.54) is 0 Å². The number of benzene rings is 1. The van der Waals surface area contributed by atoms with Gasteiger partial charge in [-0.05, 0) is 31.7 Å². The molecule has 2 rings (SSSR count). The second-order valence-electron chi connectivity index (χ2n) is 5.82. The Morgan fingerprint density at radius 2 is 1.88 bits per heavy atom. The smallest absolute Gasteiger partial charge is 0.347 e. The number of esters is 1. The van der Waals surface area contributed by atoms with Crippen molar-refractivity contribution in [3.63, 3.8) is 0 Å². The highest BCUT2D eigenvalue weighted by molar-refractivity contribution is 6.30. The van der Waals surface area contributed by atoms with Gasteiger partial charge in [-0.2, -0.15) is 0 Å². The fourth-order valence-corrected chi connectivity index (χ4v) is 2.45. The predicted octanol–water partition coefficient (Wildman–Crippen LogP) is 1.87. The molecule has 1 aromatic rings. The highest BCUT2D eigenvalue weighted by Gasteiger charge is 2.14. The molecular formula is C17H24ClN3O3. The number of oxime groups is 1. The van der Waals surface area contributed by atoms with Crippen molar-refractivity contribution < 1.29 is 14.4 Å². The van der Waals surface area contributed by atoms with Crippen LogP contribution >= 0.6 is 11.6 Å². The first-order chi connectivity index (χ1) is 11.5. The molecule has 1 aliphatic heterocycles. The lowest BCUT2D eigenvalue weighted by Gasteiger charge is -2.31. The molecule has 0 radical (unpaired) electrons. The molecule has 0 spiro atoms. The van der Waals surface area contributed by atoms with Crippen molar-refractivity contribution in [2.45, 2.75) is 6.92 Å². The Hall–Kier alpha value is -1.63. The van der Waals surface area contributed by atoms with Gasteiger partial charge in [-0.25, -0.2) is 4.79 Å². The number of carbonyl (C=O) groups excluding carboxylic acids is 1. The van der Waals surface area contributed by atoms with Gasteiger partial charge in [0.15, 0.2) is 0 Å². The molecule has 7 heteroatoms. The molecular weight excluding hydrogens is 330 g/mol. The summed E-state index contributed by atoms with van der Waals surface area (Å²) in [4.78, 5) is 21.3. The maximum absolute atomic E-state index is 11.6. The first kappa shape index (κ1) is 18.7. The van der Waals surface area contributed by atoms with Crippen molar-refractivity contribution >= 4 is 23.3 Å². The van der Waals surface area contributed by atoms with E-state index in [-0.39, 0.29) is 6.61 Å². The van der Waals surface area contributed by atoms with Crippen molar-refractivity contribution in [1.82, 2.24) is 9.80 Å². The molecule has 1 saturated heterocycles. The Morgan fingerprint density at radius 3 is 2.54 bits per heavy atom. The summed E-state index contributed by atoms with van der Waals surface area (Å²) in [5, 5.41) is 4.59. The average Bonchev–Trinajstić information content (AvgIpc) is 2.57. The molecule has 132 valence electrons. The first-order valence-corrected chi connectivity index (χ1v) is 8.41. The monoisotopic (exact) mass is 353 g/mol. The molecule has 1 fully saturated rings. The Kier molecular flexibility index (Phi) is 7.49. The maximum atomic E-state index is 11.6. The Bertz CT molecular complexity index is 555. The molecule has 0 atom stereocenters. The van der Waals surface area contributed by atoms with Crippen LogP contribution in [0.3, 0.4) is 0 Å². The molecule has 0 aliphatic carbocycles. The Balaban J connectivity index is 1.62. The zero-order valence-electron chi connectivity index (χ0n) is 14.2. The summed E-state index contributed by atoms with van der Waals surface area (Å²) in [6.07, 6.45) is 0. The predicted molar refractivity (Wildman–Crippen MR) is 94.5 cm³/mol. The van der Waals surface area contributed by atoms with E-state index < -0.39 is 5.97 Å². The van der Waals surface area contributed by atoms with Gasteiger partial charge in [0, 0.05) is 37.7 Å². The van der Waals surface area contributed by atoms with Crippen molar-refractivity contribution in [2.75, 3.05) is 53.0 Å². The third kappa shape index (κ3) is 6.47. The minimum atomic E-state index is -0.406. The van der Waals surface area contributed by atoms with Gasteiger partial charge in [-0.1, -0.05) is 28.9 Å². The number of rotatable bonds is 7. The number of nitrogens with zero attached hydrogens (tertiary/aromatic N) is 3. The second-order valence-corrected chi connectivity index (χ2v) is 6.26. The quantitative estimate of drug-likeness (QED) is 0.425. The number of carbonyl (C=O) groups is 1. The number of likely N-dealkylation sites (N-methyl/N-ethyl adjacent to an activating group) is 1. The molecule has 0 N–H and O–H groups in total. The standard InChI is InChI=1S/C17H24ClN3O3/c1-14(15-3-5-16(18)6-4-15)19-24-13-17(22)23-12-11-21-9-7-20(2)8-10-21/h3-6H,7-13H2,1-2H3/b19-14+. The number of hydrogen-bond acceptors (Lipinski definition) is 6. The van der Waals surface area contributed by atoms with Crippen LogP contribution in [-0.4, -0.2) is 74.5 Å². The van der Waals surface area contributed by atoms with E-state index in [4.69, 9.17) is 21.2 Å². The number of ether oxygens (including phenoxy) is 1. The van der Waals surface area contributed by atoms with Crippen LogP contribution in [0.1, 0.15) is 12.5 Å². The third-order valence-electron chi connectivity index (χ3n) is 3.91. The minimum Gasteiger partial charge on any atom is -0.462 e. The van der Waals surface area contributed by atoms with Gasteiger partial charge in [-0.15, -0.1) is 0 Å². The maximum Gasteiger partial charge on any atom is 0.347 e. The van der Waals surface area contributed by atoms with E-state index in [1.54, 1.807) is 12.1 Å². The van der Waals surface area contributed by atoms with Crippen molar-refractivity contribution in [1.29, 1.82) is 0 Å². The van der Waals surface area contributed by atoms with Crippen LogP contribution in [0.2, 0.25) is 5.02 Å². The fourth-order valence-electron chi connectivity index (χ4n) is 2.33. The molecule has 0 bridgehead atoms. The van der Waals surface area contributed by atoms with E-state index >= 15 is 0 Å². The lowest BCUT2D eigenvalue weighted by molar-refractivity contribution is -0.149. The molecule has 1 aliphatic rings. The Morgan fingerprint density at radius 1 is 1.21 bits per heavy atom. The van der Waals surface area contributed by atoms with E-state index in [2.05, 4.69) is 22.0 Å². The van der Waals surface area contributed by atoms with Gasteiger partial charge in [0.05, 0.1) is 5.71 Å². The number of hydrogen-bond donors (Lipinski definition) is 0. The summed E-state index contributed by atoms with van der Waals surface area (Å²) in [6, 6.07) is 7.25. The SMILES string of the molecule is C/C(=N\OCC(=O)OCCN1CCN(C)CC1)c1ccc(Cl)cc1. The van der Waals surface area contributed by atoms with Gasteiger partial charge in [0.25, 0.3) is 0 Å². The number of piperazine rings is 1. The molecule has 6 nitrogen and oxygen atoms in total. The number of halogens is 1. The molecule has 24 heavy (non-hydrogen) atoms. The van der Waals surface area contributed by atoms with E-state index in [0.29, 0.717) is 17.3 Å². The topological polar surface area (TPSA) is 54.4 Å². The lowest BCUT2D eigenvalue weighted by atomic mass is 10.1. The van der Waals surface area contributed by atoms with Crippen LogP contribution in [0.25, 0.3) is 0 Å². The normalized spacial score (nSPS) is 16.9. The Labute approximate surface area is 148 Å². The summed E-state index contributed by atoms with van der Waals surface area (Å²) >= 11 is 5.84. The van der Waals surface area contributed by atoms with E-state index in [1.807, 2.05) is 19.1 Å². The van der Waals surface area contributed by atoms with Crippen LogP contribution in [0, 0.1) is 0 Å². The first-order valence-electron chi connectivity index (χ1n) is 8.03. The zero-order valence-corrected chi connectivity index (χ0v) is 15.0. The molecule has 0 unspecified atom stereocenters. The molecule has 0 amide bonds. The molecule has 0 saturated carbocycles. The van der Waals surface area contributed by atoms with Crippen LogP contribution in [0.5, 0.6) is 0 Å². The highest BCUT2D eigenvalue weighted by Crippen LogP contribution is 2.10. The van der Waals surface area contributed by atoms with E-state index in [0.717, 1.165) is 38.3 Å². The summed E-state index contributed by atoms with van der Waals surface area (Å²) in [5.74, 6) is -0.406. The summed E-state index contributed by atoms with van der Waals surface area (Å²) in [5.41, 5.74) is 1.57. The van der Waals surface area contributed by atoms with Crippen molar-refractivity contribution in [2.24, 2.45) is 5.16 Å². The summed E-state index contributed by atoms with van der Waals surface area (Å²) in [6.45, 7) is 6.88. The molecule has 0 aromatic heterocycles. The van der Waals surface area contributed by atoms with Gasteiger partial charge in [0.2, 0.25) is 6.61 Å². The van der Waals surface area contributed by atoms with E-state index in [9.17, 15) is 4.79 Å². The largest absolute Gasteiger partial charge is 0.462 e. The summed E-state index contributed by atoms with van der Waals surface area (Å²) < 4.78 is 5.17. The van der Waals surface area contributed by atoms with Crippen molar-refractivity contribution in [3.05, 3.63) is 34.9 Å². The molecule has 1 aromatic carbocycles. The highest BCUT2D eigenvalue weighted by atomic mass is 35.5. The second kappa shape index (κ2) is 9.61. The average molecular weight is 354 g/mol. The minimum absolute atomic E-state index is 0.187. The van der Waals surface area contributed by atoms with Gasteiger partial charge in [0.1, 0.15) is 6.61 Å². The van der Waals surface area contributed by atoms with Crippen LogP contribution < -0.4 is 0 Å². The molecule has 1 heterocycles. The van der Waals surface area contributed by atoms with Crippen LogP contribution in [0.15, 0.2) is 29.4 Å².